The number of hydrogen-bond donors (Lipinski definition) is 3. The minimum Gasteiger partial charge on any atom is -0.391 e. The lowest BCUT2D eigenvalue weighted by atomic mass is 10.3. The van der Waals surface area contributed by atoms with Gasteiger partial charge in [0.2, 0.25) is 0 Å². The second-order valence-electron chi connectivity index (χ2n) is 3.28. The Labute approximate surface area is 89.8 Å². The van der Waals surface area contributed by atoms with Crippen molar-refractivity contribution in [1.82, 2.24) is 0 Å². The zero-order valence-corrected chi connectivity index (χ0v) is 8.85. The molecule has 0 aliphatic carbocycles. The van der Waals surface area contributed by atoms with Gasteiger partial charge >= 0.3 is 0 Å². The minimum absolute atomic E-state index is 0.328. The molecule has 1 aromatic carbocycles. The summed E-state index contributed by atoms with van der Waals surface area (Å²) in [4.78, 5) is 4.02. The van der Waals surface area contributed by atoms with Crippen LogP contribution in [-0.4, -0.2) is 23.7 Å². The number of rotatable bonds is 4. The summed E-state index contributed by atoms with van der Waals surface area (Å²) in [6.45, 7) is 2.24. The molecule has 4 heteroatoms. The molecule has 15 heavy (non-hydrogen) atoms. The number of nitrogens with one attached hydrogen (secondary N) is 1. The van der Waals surface area contributed by atoms with Gasteiger partial charge in [0.1, 0.15) is 0 Å². The maximum atomic E-state index is 9.28. The molecule has 1 unspecified atom stereocenters. The summed E-state index contributed by atoms with van der Waals surface area (Å²) in [5, 5.41) is 12.2. The van der Waals surface area contributed by atoms with E-state index in [1.165, 1.54) is 0 Å². The van der Waals surface area contributed by atoms with E-state index >= 15 is 0 Å². The number of nitrogens with zero attached hydrogens (tertiary/aromatic N) is 1. The molecule has 82 valence electrons. The Balaban J connectivity index is 2.45. The van der Waals surface area contributed by atoms with Gasteiger partial charge in [0.05, 0.1) is 12.6 Å². The Morgan fingerprint density at radius 2 is 2.13 bits per heavy atom. The van der Waals surface area contributed by atoms with Crippen molar-refractivity contribution in [2.75, 3.05) is 11.9 Å². The van der Waals surface area contributed by atoms with Crippen LogP contribution < -0.4 is 11.1 Å². The van der Waals surface area contributed by atoms with E-state index in [9.17, 15) is 5.11 Å². The van der Waals surface area contributed by atoms with Crippen LogP contribution in [0.3, 0.4) is 0 Å². The molecule has 0 aromatic heterocycles. The van der Waals surface area contributed by atoms with Crippen LogP contribution in [0.4, 0.5) is 5.69 Å². The first-order valence-corrected chi connectivity index (χ1v) is 5.02. The lowest BCUT2D eigenvalue weighted by Crippen LogP contribution is -2.24. The fourth-order valence-electron chi connectivity index (χ4n) is 1.04. The third-order valence-electron chi connectivity index (χ3n) is 1.99. The van der Waals surface area contributed by atoms with Crippen molar-refractivity contribution in [1.29, 1.82) is 0 Å². The van der Waals surface area contributed by atoms with Crippen LogP contribution in [0.5, 0.6) is 0 Å². The van der Waals surface area contributed by atoms with Crippen molar-refractivity contribution >= 4 is 11.6 Å². The number of guanidine groups is 1. The fraction of sp³-hybridized carbons (Fsp3) is 0.364. The molecule has 0 aliphatic heterocycles. The maximum Gasteiger partial charge on any atom is 0.193 e. The third kappa shape index (κ3) is 4.46. The van der Waals surface area contributed by atoms with E-state index in [4.69, 9.17) is 5.73 Å². The predicted octanol–water partition coefficient (Wildman–Crippen LogP) is 1.18. The SMILES string of the molecule is CCC(O)CN=C(N)Nc1ccccc1. The van der Waals surface area contributed by atoms with Crippen molar-refractivity contribution in [3.63, 3.8) is 0 Å². The summed E-state index contributed by atoms with van der Waals surface area (Å²) >= 11 is 0. The largest absolute Gasteiger partial charge is 0.391 e. The van der Waals surface area contributed by atoms with Crippen molar-refractivity contribution in [2.24, 2.45) is 10.7 Å². The summed E-state index contributed by atoms with van der Waals surface area (Å²) in [5.74, 6) is 0.328. The van der Waals surface area contributed by atoms with Gasteiger partial charge in [-0.3, -0.25) is 4.99 Å². The van der Waals surface area contributed by atoms with Crippen LogP contribution in [0.15, 0.2) is 35.3 Å². The first-order chi connectivity index (χ1) is 7.22. The minimum atomic E-state index is -0.416. The molecule has 0 heterocycles. The molecule has 0 saturated carbocycles. The van der Waals surface area contributed by atoms with E-state index in [0.717, 1.165) is 5.69 Å². The molecule has 0 aliphatic rings. The number of para-hydroxylation sites is 1. The molecular weight excluding hydrogens is 190 g/mol. The molecule has 0 amide bonds. The smallest absolute Gasteiger partial charge is 0.193 e. The van der Waals surface area contributed by atoms with E-state index in [2.05, 4.69) is 10.3 Å². The van der Waals surface area contributed by atoms with Gasteiger partial charge in [0.15, 0.2) is 5.96 Å². The first kappa shape index (κ1) is 11.5. The first-order valence-electron chi connectivity index (χ1n) is 5.02. The highest BCUT2D eigenvalue weighted by molar-refractivity contribution is 5.92. The van der Waals surface area contributed by atoms with Crippen LogP contribution in [0, 0.1) is 0 Å². The number of aliphatic hydroxyl groups is 1. The van der Waals surface area contributed by atoms with E-state index in [0.29, 0.717) is 18.9 Å². The Morgan fingerprint density at radius 3 is 2.73 bits per heavy atom. The number of hydrogen-bond acceptors (Lipinski definition) is 2. The van der Waals surface area contributed by atoms with Gasteiger partial charge in [-0.2, -0.15) is 0 Å². The van der Waals surface area contributed by atoms with E-state index in [1.807, 2.05) is 37.3 Å². The third-order valence-corrected chi connectivity index (χ3v) is 1.99. The van der Waals surface area contributed by atoms with Crippen molar-refractivity contribution in [3.8, 4) is 0 Å². The molecule has 4 N–H and O–H groups in total. The van der Waals surface area contributed by atoms with E-state index < -0.39 is 6.10 Å². The highest BCUT2D eigenvalue weighted by Crippen LogP contribution is 2.03. The average Bonchev–Trinajstić information content (AvgIpc) is 2.27. The van der Waals surface area contributed by atoms with Gasteiger partial charge in [-0.1, -0.05) is 25.1 Å². The Bertz CT molecular complexity index is 311. The van der Waals surface area contributed by atoms with Gasteiger partial charge < -0.3 is 16.2 Å². The predicted molar refractivity (Wildman–Crippen MR) is 62.9 cm³/mol. The number of aliphatic imine (C=N–C) groups is 1. The molecule has 0 radical (unpaired) electrons. The lowest BCUT2D eigenvalue weighted by molar-refractivity contribution is 0.179. The van der Waals surface area contributed by atoms with Gasteiger partial charge in [-0.15, -0.1) is 0 Å². The molecule has 0 bridgehead atoms. The fourth-order valence-corrected chi connectivity index (χ4v) is 1.04. The van der Waals surface area contributed by atoms with Crippen LogP contribution in [0.1, 0.15) is 13.3 Å². The molecular formula is C11H17N3O. The lowest BCUT2D eigenvalue weighted by Gasteiger charge is -2.07. The van der Waals surface area contributed by atoms with Crippen molar-refractivity contribution in [2.45, 2.75) is 19.4 Å². The van der Waals surface area contributed by atoms with Crippen LogP contribution in [0.2, 0.25) is 0 Å². The summed E-state index contributed by atoms with van der Waals surface area (Å²) in [7, 11) is 0. The van der Waals surface area contributed by atoms with Gasteiger partial charge in [0.25, 0.3) is 0 Å². The quantitative estimate of drug-likeness (QED) is 0.513. The van der Waals surface area contributed by atoms with E-state index in [1.54, 1.807) is 0 Å². The molecule has 1 rings (SSSR count). The number of aliphatic hydroxyl groups excluding tert-OH is 1. The zero-order valence-electron chi connectivity index (χ0n) is 8.85. The highest BCUT2D eigenvalue weighted by atomic mass is 16.3. The molecule has 0 spiro atoms. The number of nitrogens with two attached hydrogens (primary N) is 1. The summed E-state index contributed by atoms with van der Waals surface area (Å²) in [6, 6.07) is 9.56. The molecule has 4 nitrogen and oxygen atoms in total. The zero-order chi connectivity index (χ0) is 11.1. The van der Waals surface area contributed by atoms with Crippen molar-refractivity contribution in [3.05, 3.63) is 30.3 Å². The van der Waals surface area contributed by atoms with Gasteiger partial charge in [-0.05, 0) is 18.6 Å². The summed E-state index contributed by atoms with van der Waals surface area (Å²) in [5.41, 5.74) is 6.53. The molecule has 0 saturated heterocycles. The summed E-state index contributed by atoms with van der Waals surface area (Å²) in [6.07, 6.45) is 0.267. The molecule has 0 fully saturated rings. The Morgan fingerprint density at radius 1 is 1.47 bits per heavy atom. The van der Waals surface area contributed by atoms with Gasteiger partial charge in [0, 0.05) is 5.69 Å². The van der Waals surface area contributed by atoms with Gasteiger partial charge in [-0.25, -0.2) is 0 Å². The Hall–Kier alpha value is -1.55. The summed E-state index contributed by atoms with van der Waals surface area (Å²) < 4.78 is 0. The van der Waals surface area contributed by atoms with Crippen LogP contribution in [-0.2, 0) is 0 Å². The second kappa shape index (κ2) is 6.03. The topological polar surface area (TPSA) is 70.6 Å². The molecule has 1 atom stereocenters. The van der Waals surface area contributed by atoms with Crippen molar-refractivity contribution < 1.29 is 5.11 Å². The van der Waals surface area contributed by atoms with Crippen LogP contribution >= 0.6 is 0 Å². The second-order valence-corrected chi connectivity index (χ2v) is 3.28. The van der Waals surface area contributed by atoms with Crippen LogP contribution in [0.25, 0.3) is 0 Å². The molecule has 1 aromatic rings. The number of benzene rings is 1. The average molecular weight is 207 g/mol. The standard InChI is InChI=1S/C11H17N3O/c1-2-10(15)8-13-11(12)14-9-6-4-3-5-7-9/h3-7,10,15H,2,8H2,1H3,(H3,12,13,14). The normalized spacial score (nSPS) is 13.6. The maximum absolute atomic E-state index is 9.28. The number of anilines is 1. The highest BCUT2D eigenvalue weighted by Gasteiger charge is 1.99. The van der Waals surface area contributed by atoms with E-state index in [-0.39, 0.29) is 0 Å². The Kier molecular flexibility index (Phi) is 4.63. The monoisotopic (exact) mass is 207 g/mol.